The summed E-state index contributed by atoms with van der Waals surface area (Å²) < 4.78 is 5.37. The molecule has 170 valence electrons. The van der Waals surface area contributed by atoms with Crippen LogP contribution in [0.1, 0.15) is 42.1 Å². The van der Waals surface area contributed by atoms with Gasteiger partial charge in [-0.2, -0.15) is 0 Å². The molecule has 6 nitrogen and oxygen atoms in total. The third-order valence-corrected chi connectivity index (χ3v) is 6.28. The molecule has 0 saturated carbocycles. The van der Waals surface area contributed by atoms with Gasteiger partial charge in [-0.3, -0.25) is 9.59 Å². The second kappa shape index (κ2) is 10.0. The number of likely N-dealkylation sites (tertiary alicyclic amines) is 1. The minimum atomic E-state index is -0.678. The van der Waals surface area contributed by atoms with E-state index in [1.807, 2.05) is 50.2 Å². The Balaban J connectivity index is 2.13. The molecule has 1 amide bonds. The summed E-state index contributed by atoms with van der Waals surface area (Å²) in [5, 5.41) is 11.2. The van der Waals surface area contributed by atoms with E-state index >= 15 is 0 Å². The molecule has 0 aromatic heterocycles. The molecular weight excluding hydrogens is 404 g/mol. The summed E-state index contributed by atoms with van der Waals surface area (Å²) in [4.78, 5) is 30.0. The number of rotatable bonds is 8. The van der Waals surface area contributed by atoms with Crippen LogP contribution in [0, 0.1) is 13.8 Å². The van der Waals surface area contributed by atoms with Crippen LogP contribution in [0.5, 0.6) is 5.75 Å². The lowest BCUT2D eigenvalue weighted by Crippen LogP contribution is -2.38. The molecule has 1 heterocycles. The zero-order valence-electron chi connectivity index (χ0n) is 19.5. The third kappa shape index (κ3) is 4.55. The summed E-state index contributed by atoms with van der Waals surface area (Å²) in [5.41, 5.74) is 3.47. The molecule has 0 bridgehead atoms. The number of hydrogen-bond donors (Lipinski definition) is 1. The second-order valence-corrected chi connectivity index (χ2v) is 8.10. The summed E-state index contributed by atoms with van der Waals surface area (Å²) in [7, 11) is 1.57. The Morgan fingerprint density at radius 1 is 1.06 bits per heavy atom. The fraction of sp³-hybridized carbons (Fsp3) is 0.385. The molecule has 0 spiro atoms. The molecule has 32 heavy (non-hydrogen) atoms. The van der Waals surface area contributed by atoms with Crippen LogP contribution in [0.25, 0.3) is 5.76 Å². The minimum absolute atomic E-state index is 0.117. The lowest BCUT2D eigenvalue weighted by atomic mass is 9.94. The summed E-state index contributed by atoms with van der Waals surface area (Å²) in [6.45, 7) is 10.8. The number of amides is 1. The fourth-order valence-electron chi connectivity index (χ4n) is 4.10. The summed E-state index contributed by atoms with van der Waals surface area (Å²) >= 11 is 0. The van der Waals surface area contributed by atoms with Crippen LogP contribution < -0.4 is 4.74 Å². The number of likely N-dealkylation sites (N-methyl/N-ethyl adjacent to an activating group) is 1. The van der Waals surface area contributed by atoms with Crippen molar-refractivity contribution in [1.29, 1.82) is 0 Å². The first-order valence-electron chi connectivity index (χ1n) is 11.0. The zero-order valence-corrected chi connectivity index (χ0v) is 19.5. The maximum Gasteiger partial charge on any atom is 0.295 e. The number of methoxy groups -OCH3 is 1. The van der Waals surface area contributed by atoms with Gasteiger partial charge < -0.3 is 19.6 Å². The summed E-state index contributed by atoms with van der Waals surface area (Å²) in [5.74, 6) is -0.768. The number of aryl methyl sites for hydroxylation is 2. The van der Waals surface area contributed by atoms with E-state index in [0.717, 1.165) is 29.8 Å². The van der Waals surface area contributed by atoms with Crippen LogP contribution >= 0.6 is 0 Å². The molecule has 2 aromatic rings. The van der Waals surface area contributed by atoms with Gasteiger partial charge in [0.2, 0.25) is 0 Å². The number of ether oxygens (including phenoxy) is 1. The maximum absolute atomic E-state index is 13.2. The fourth-order valence-corrected chi connectivity index (χ4v) is 4.10. The number of ketones is 1. The third-order valence-electron chi connectivity index (χ3n) is 6.28. The van der Waals surface area contributed by atoms with Crippen molar-refractivity contribution in [3.63, 3.8) is 0 Å². The van der Waals surface area contributed by atoms with E-state index in [2.05, 4.69) is 18.7 Å². The number of aliphatic hydroxyl groups is 1. The zero-order chi connectivity index (χ0) is 23.4. The highest BCUT2D eigenvalue weighted by Crippen LogP contribution is 2.40. The number of carbonyl (C=O) groups is 2. The van der Waals surface area contributed by atoms with Crippen LogP contribution in [0.4, 0.5) is 0 Å². The van der Waals surface area contributed by atoms with E-state index in [0.29, 0.717) is 24.4 Å². The molecule has 0 aliphatic carbocycles. The average Bonchev–Trinajstić information content (AvgIpc) is 3.06. The van der Waals surface area contributed by atoms with Gasteiger partial charge in [0, 0.05) is 18.7 Å². The molecule has 1 unspecified atom stereocenters. The van der Waals surface area contributed by atoms with Crippen molar-refractivity contribution >= 4 is 17.4 Å². The predicted octanol–water partition coefficient (Wildman–Crippen LogP) is 4.08. The van der Waals surface area contributed by atoms with E-state index in [-0.39, 0.29) is 11.3 Å². The highest BCUT2D eigenvalue weighted by Gasteiger charge is 2.46. The first-order valence-corrected chi connectivity index (χ1v) is 11.0. The Hall–Kier alpha value is -3.12. The first kappa shape index (κ1) is 23.5. The van der Waals surface area contributed by atoms with Gasteiger partial charge in [-0.15, -0.1) is 0 Å². The van der Waals surface area contributed by atoms with Crippen molar-refractivity contribution in [3.8, 4) is 5.75 Å². The van der Waals surface area contributed by atoms with Gasteiger partial charge >= 0.3 is 0 Å². The van der Waals surface area contributed by atoms with E-state index < -0.39 is 17.7 Å². The lowest BCUT2D eigenvalue weighted by molar-refractivity contribution is -0.140. The Labute approximate surface area is 190 Å². The Bertz CT molecular complexity index is 1040. The molecule has 2 aromatic carbocycles. The summed E-state index contributed by atoms with van der Waals surface area (Å²) in [6.07, 6.45) is 0. The molecule has 1 aliphatic rings. The van der Waals surface area contributed by atoms with Gasteiger partial charge in [-0.05, 0) is 61.8 Å². The van der Waals surface area contributed by atoms with Crippen LogP contribution in [0.15, 0.2) is 48.0 Å². The van der Waals surface area contributed by atoms with Crippen LogP contribution in [0.2, 0.25) is 0 Å². The molecule has 1 aliphatic heterocycles. The molecule has 1 N–H and O–H groups in total. The largest absolute Gasteiger partial charge is 0.507 e. The van der Waals surface area contributed by atoms with Crippen molar-refractivity contribution in [3.05, 3.63) is 70.3 Å². The Kier molecular flexibility index (Phi) is 7.36. The molecule has 6 heteroatoms. The average molecular weight is 437 g/mol. The molecule has 1 atom stereocenters. The summed E-state index contributed by atoms with van der Waals surface area (Å²) in [6, 6.07) is 12.2. The topological polar surface area (TPSA) is 70.1 Å². The predicted molar refractivity (Wildman–Crippen MR) is 126 cm³/mol. The molecule has 1 saturated heterocycles. The number of carbonyl (C=O) groups excluding carboxylic acids is 2. The number of nitrogens with zero attached hydrogens (tertiary/aromatic N) is 2. The van der Waals surface area contributed by atoms with E-state index in [1.165, 1.54) is 0 Å². The first-order chi connectivity index (χ1) is 15.3. The Morgan fingerprint density at radius 2 is 1.78 bits per heavy atom. The minimum Gasteiger partial charge on any atom is -0.507 e. The molecule has 3 rings (SSSR count). The highest BCUT2D eigenvalue weighted by atomic mass is 16.5. The van der Waals surface area contributed by atoms with Gasteiger partial charge in [0.05, 0.1) is 18.7 Å². The van der Waals surface area contributed by atoms with Crippen molar-refractivity contribution < 1.29 is 19.4 Å². The number of Topliss-reactive ketones (excluding diaryl/α,β-unsaturated/α-hetero) is 1. The standard InChI is InChI=1S/C26H32N2O4/c1-6-27(7-2)13-14-28-23(19-9-8-10-21(16-19)32-5)22(25(30)26(28)31)24(29)20-12-11-17(3)18(4)15-20/h8-12,15-16,23,29H,6-7,13-14H2,1-5H3/b24-22-. The van der Waals surface area contributed by atoms with E-state index in [4.69, 9.17) is 4.74 Å². The highest BCUT2D eigenvalue weighted by molar-refractivity contribution is 6.46. The maximum atomic E-state index is 13.2. The van der Waals surface area contributed by atoms with Crippen LogP contribution in [-0.2, 0) is 9.59 Å². The van der Waals surface area contributed by atoms with E-state index in [1.54, 1.807) is 18.1 Å². The normalized spacial score (nSPS) is 17.9. The van der Waals surface area contributed by atoms with Gasteiger partial charge in [0.1, 0.15) is 11.5 Å². The smallest absolute Gasteiger partial charge is 0.295 e. The second-order valence-electron chi connectivity index (χ2n) is 8.10. The monoisotopic (exact) mass is 436 g/mol. The molecule has 1 fully saturated rings. The lowest BCUT2D eigenvalue weighted by Gasteiger charge is -2.28. The van der Waals surface area contributed by atoms with Crippen molar-refractivity contribution in [2.75, 3.05) is 33.3 Å². The quantitative estimate of drug-likeness (QED) is 0.384. The van der Waals surface area contributed by atoms with E-state index in [9.17, 15) is 14.7 Å². The number of hydrogen-bond acceptors (Lipinski definition) is 5. The number of aliphatic hydroxyl groups excluding tert-OH is 1. The van der Waals surface area contributed by atoms with Gasteiger partial charge in [-0.1, -0.05) is 38.1 Å². The van der Waals surface area contributed by atoms with Crippen molar-refractivity contribution in [2.24, 2.45) is 0 Å². The van der Waals surface area contributed by atoms with Crippen molar-refractivity contribution in [1.82, 2.24) is 9.80 Å². The van der Waals surface area contributed by atoms with Gasteiger partial charge in [0.25, 0.3) is 11.7 Å². The number of benzene rings is 2. The van der Waals surface area contributed by atoms with Gasteiger partial charge in [0.15, 0.2) is 0 Å². The SMILES string of the molecule is CCN(CC)CCN1C(=O)C(=O)/C(=C(\O)c2ccc(C)c(C)c2)C1c1cccc(OC)c1. The Morgan fingerprint density at radius 3 is 2.41 bits per heavy atom. The molecular formula is C26H32N2O4. The van der Waals surface area contributed by atoms with Crippen molar-refractivity contribution in [2.45, 2.75) is 33.7 Å². The van der Waals surface area contributed by atoms with Gasteiger partial charge in [-0.25, -0.2) is 0 Å². The van der Waals surface area contributed by atoms with Crippen LogP contribution in [-0.4, -0.2) is 59.9 Å². The molecule has 0 radical (unpaired) electrons. The van der Waals surface area contributed by atoms with Crippen LogP contribution in [0.3, 0.4) is 0 Å².